The first kappa shape index (κ1) is 14.4. The van der Waals surface area contributed by atoms with Crippen LogP contribution in [0.2, 0.25) is 0 Å². The molecule has 1 heterocycles. The Labute approximate surface area is 102 Å². The van der Waals surface area contributed by atoms with Gasteiger partial charge in [0.2, 0.25) is 5.91 Å². The molecule has 6 nitrogen and oxygen atoms in total. The number of nitrogens with zero attached hydrogens (tertiary/aromatic N) is 1. The minimum absolute atomic E-state index is 0.0866. The van der Waals surface area contributed by atoms with Crippen molar-refractivity contribution in [3.05, 3.63) is 0 Å². The van der Waals surface area contributed by atoms with Crippen LogP contribution in [0.25, 0.3) is 0 Å². The van der Waals surface area contributed by atoms with E-state index >= 15 is 0 Å². The smallest absolute Gasteiger partial charge is 0.239 e. The van der Waals surface area contributed by atoms with Gasteiger partial charge in [-0.3, -0.25) is 9.69 Å². The summed E-state index contributed by atoms with van der Waals surface area (Å²) in [5, 5.41) is 2.89. The molecule has 0 aromatic rings. The normalized spacial score (nSPS) is 20.9. The minimum Gasteiger partial charge on any atom is -0.383 e. The summed E-state index contributed by atoms with van der Waals surface area (Å²) in [6, 6.07) is -0.504. The average molecular weight is 245 g/mol. The molecule has 0 aliphatic carbocycles. The Morgan fingerprint density at radius 1 is 1.53 bits per heavy atom. The van der Waals surface area contributed by atoms with Gasteiger partial charge < -0.3 is 20.5 Å². The predicted octanol–water partition coefficient (Wildman–Crippen LogP) is -1.20. The summed E-state index contributed by atoms with van der Waals surface area (Å²) in [5.74, 6) is -0.160. The molecule has 3 N–H and O–H groups in total. The molecule has 0 radical (unpaired) electrons. The molecule has 17 heavy (non-hydrogen) atoms. The highest BCUT2D eigenvalue weighted by Crippen LogP contribution is 1.98. The number of nitrogens with two attached hydrogens (primary N) is 1. The van der Waals surface area contributed by atoms with E-state index in [0.29, 0.717) is 0 Å². The molecule has 0 aromatic heterocycles. The summed E-state index contributed by atoms with van der Waals surface area (Å²) in [6.45, 7) is 6.43. The zero-order valence-corrected chi connectivity index (χ0v) is 10.6. The molecule has 0 spiro atoms. The van der Waals surface area contributed by atoms with Gasteiger partial charge in [-0.1, -0.05) is 0 Å². The van der Waals surface area contributed by atoms with Crippen molar-refractivity contribution in [2.75, 3.05) is 46.6 Å². The maximum absolute atomic E-state index is 11.6. The van der Waals surface area contributed by atoms with Gasteiger partial charge >= 0.3 is 0 Å². The minimum atomic E-state index is -0.591. The topological polar surface area (TPSA) is 76.8 Å². The molecule has 1 amide bonds. The van der Waals surface area contributed by atoms with E-state index in [0.717, 1.165) is 32.8 Å². The third-order valence-corrected chi connectivity index (χ3v) is 2.71. The van der Waals surface area contributed by atoms with Crippen molar-refractivity contribution < 1.29 is 14.3 Å². The number of morpholine rings is 1. The van der Waals surface area contributed by atoms with Crippen LogP contribution < -0.4 is 11.1 Å². The molecule has 2 unspecified atom stereocenters. The van der Waals surface area contributed by atoms with Gasteiger partial charge in [0.05, 0.1) is 19.8 Å². The van der Waals surface area contributed by atoms with Crippen LogP contribution in [0.15, 0.2) is 0 Å². The first-order valence-electron chi connectivity index (χ1n) is 5.98. The van der Waals surface area contributed by atoms with Gasteiger partial charge in [0.15, 0.2) is 0 Å². The van der Waals surface area contributed by atoms with Gasteiger partial charge in [0, 0.05) is 32.8 Å². The van der Waals surface area contributed by atoms with Gasteiger partial charge in [-0.15, -0.1) is 0 Å². The molecule has 0 saturated carbocycles. The van der Waals surface area contributed by atoms with Gasteiger partial charge in [0.1, 0.15) is 6.04 Å². The molecular formula is C11H23N3O3. The number of amides is 1. The predicted molar refractivity (Wildman–Crippen MR) is 64.7 cm³/mol. The van der Waals surface area contributed by atoms with Gasteiger partial charge in [-0.25, -0.2) is 0 Å². The van der Waals surface area contributed by atoms with E-state index in [2.05, 4.69) is 10.2 Å². The maximum Gasteiger partial charge on any atom is 0.239 e. The third-order valence-electron chi connectivity index (χ3n) is 2.71. The van der Waals surface area contributed by atoms with Gasteiger partial charge in [-0.05, 0) is 6.92 Å². The van der Waals surface area contributed by atoms with Crippen LogP contribution in [0.5, 0.6) is 0 Å². The van der Waals surface area contributed by atoms with Crippen molar-refractivity contribution in [3.8, 4) is 0 Å². The lowest BCUT2D eigenvalue weighted by Gasteiger charge is -2.29. The molecule has 1 aliphatic rings. The first-order chi connectivity index (χ1) is 8.13. The zero-order chi connectivity index (χ0) is 12.7. The Kier molecular flexibility index (Phi) is 6.43. The number of methoxy groups -OCH3 is 1. The summed E-state index contributed by atoms with van der Waals surface area (Å²) < 4.78 is 10.1. The Balaban J connectivity index is 2.23. The maximum atomic E-state index is 11.6. The summed E-state index contributed by atoms with van der Waals surface area (Å²) in [7, 11) is 1.53. The lowest BCUT2D eigenvalue weighted by molar-refractivity contribution is -0.124. The fourth-order valence-corrected chi connectivity index (χ4v) is 1.82. The number of carbonyl (C=O) groups excluding carboxylic acids is 1. The summed E-state index contributed by atoms with van der Waals surface area (Å²) >= 11 is 0. The van der Waals surface area contributed by atoms with Crippen LogP contribution in [-0.2, 0) is 14.3 Å². The second-order valence-corrected chi connectivity index (χ2v) is 4.38. The monoisotopic (exact) mass is 245 g/mol. The molecule has 1 fully saturated rings. The SMILES string of the molecule is COCC(N)C(=O)NC(C)CN1CCOCC1. The molecule has 100 valence electrons. The molecule has 0 aromatic carbocycles. The second-order valence-electron chi connectivity index (χ2n) is 4.38. The molecule has 1 rings (SSSR count). The van der Waals surface area contributed by atoms with Crippen molar-refractivity contribution in [2.45, 2.75) is 19.0 Å². The summed E-state index contributed by atoms with van der Waals surface area (Å²) in [6.07, 6.45) is 0. The van der Waals surface area contributed by atoms with Crippen molar-refractivity contribution in [3.63, 3.8) is 0 Å². The fourth-order valence-electron chi connectivity index (χ4n) is 1.82. The average Bonchev–Trinajstić information content (AvgIpc) is 2.30. The van der Waals surface area contributed by atoms with E-state index in [1.54, 1.807) is 0 Å². The Morgan fingerprint density at radius 2 is 2.18 bits per heavy atom. The highest BCUT2D eigenvalue weighted by molar-refractivity contribution is 5.81. The largest absolute Gasteiger partial charge is 0.383 e. The van der Waals surface area contributed by atoms with Gasteiger partial charge in [0.25, 0.3) is 0 Å². The van der Waals surface area contributed by atoms with E-state index in [1.165, 1.54) is 7.11 Å². The van der Waals surface area contributed by atoms with Crippen LogP contribution in [0.1, 0.15) is 6.92 Å². The number of nitrogens with one attached hydrogen (secondary N) is 1. The van der Waals surface area contributed by atoms with Crippen LogP contribution in [0.4, 0.5) is 0 Å². The molecule has 2 atom stereocenters. The van der Waals surface area contributed by atoms with Crippen LogP contribution in [0.3, 0.4) is 0 Å². The lowest BCUT2D eigenvalue weighted by Crippen LogP contribution is -2.51. The second kappa shape index (κ2) is 7.60. The Bertz CT molecular complexity index is 232. The summed E-state index contributed by atoms with van der Waals surface area (Å²) in [4.78, 5) is 13.9. The highest BCUT2D eigenvalue weighted by atomic mass is 16.5. The van der Waals surface area contributed by atoms with E-state index in [-0.39, 0.29) is 18.6 Å². The van der Waals surface area contributed by atoms with Crippen LogP contribution in [-0.4, -0.2) is 69.5 Å². The Hall–Kier alpha value is -0.690. The number of carbonyl (C=O) groups is 1. The molecule has 1 aliphatic heterocycles. The van der Waals surface area contributed by atoms with E-state index < -0.39 is 6.04 Å². The van der Waals surface area contributed by atoms with E-state index in [1.807, 2.05) is 6.92 Å². The lowest BCUT2D eigenvalue weighted by atomic mass is 10.2. The van der Waals surface area contributed by atoms with Crippen molar-refractivity contribution in [1.29, 1.82) is 0 Å². The number of hydrogen-bond acceptors (Lipinski definition) is 5. The molecular weight excluding hydrogens is 222 g/mol. The third kappa shape index (κ3) is 5.45. The highest BCUT2D eigenvalue weighted by Gasteiger charge is 2.18. The quantitative estimate of drug-likeness (QED) is 0.614. The van der Waals surface area contributed by atoms with Crippen molar-refractivity contribution in [1.82, 2.24) is 10.2 Å². The van der Waals surface area contributed by atoms with Crippen LogP contribution >= 0.6 is 0 Å². The number of rotatable bonds is 6. The molecule has 0 bridgehead atoms. The van der Waals surface area contributed by atoms with Crippen molar-refractivity contribution >= 4 is 5.91 Å². The number of ether oxygens (including phenoxy) is 2. The zero-order valence-electron chi connectivity index (χ0n) is 10.6. The standard InChI is InChI=1S/C11H23N3O3/c1-9(7-14-3-5-17-6-4-14)13-11(15)10(12)8-16-2/h9-10H,3-8,12H2,1-2H3,(H,13,15). The number of hydrogen-bond donors (Lipinski definition) is 2. The van der Waals surface area contributed by atoms with Gasteiger partial charge in [-0.2, -0.15) is 0 Å². The fraction of sp³-hybridized carbons (Fsp3) is 0.909. The van der Waals surface area contributed by atoms with Crippen molar-refractivity contribution in [2.24, 2.45) is 5.73 Å². The first-order valence-corrected chi connectivity index (χ1v) is 5.98. The molecule has 1 saturated heterocycles. The van der Waals surface area contributed by atoms with E-state index in [4.69, 9.17) is 15.2 Å². The van der Waals surface area contributed by atoms with E-state index in [9.17, 15) is 4.79 Å². The summed E-state index contributed by atoms with van der Waals surface area (Å²) in [5.41, 5.74) is 5.64. The van der Waals surface area contributed by atoms with Crippen LogP contribution in [0, 0.1) is 0 Å². The molecule has 6 heteroatoms. The Morgan fingerprint density at radius 3 is 2.76 bits per heavy atom.